The van der Waals surface area contributed by atoms with Gasteiger partial charge in [-0.15, -0.1) is 0 Å². The lowest BCUT2D eigenvalue weighted by atomic mass is 10.00. The highest BCUT2D eigenvalue weighted by Crippen LogP contribution is 2.02. The van der Waals surface area contributed by atoms with Crippen molar-refractivity contribution in [2.45, 2.75) is 31.0 Å². The van der Waals surface area contributed by atoms with Gasteiger partial charge >= 0.3 is 0 Å². The standard InChI is InChI=1S/C7H18N2O3/c8-5(1-3-10)7(12)6(9)2-4-11/h5-7,10-12H,1-4,8-9H2. The minimum atomic E-state index is -0.857. The van der Waals surface area contributed by atoms with Crippen LogP contribution in [0.5, 0.6) is 0 Å². The fraction of sp³-hybridized carbons (Fsp3) is 1.00. The zero-order valence-electron chi connectivity index (χ0n) is 7.06. The Labute approximate surface area is 72.0 Å². The molecule has 0 radical (unpaired) electrons. The smallest absolute Gasteiger partial charge is 0.0843 e. The molecule has 0 saturated heterocycles. The van der Waals surface area contributed by atoms with E-state index in [2.05, 4.69) is 0 Å². The van der Waals surface area contributed by atoms with E-state index in [0.717, 1.165) is 0 Å². The summed E-state index contributed by atoms with van der Waals surface area (Å²) in [6.45, 7) is -0.131. The molecule has 0 amide bonds. The minimum absolute atomic E-state index is 0.0654. The van der Waals surface area contributed by atoms with Gasteiger partial charge in [-0.2, -0.15) is 0 Å². The first kappa shape index (κ1) is 11.8. The third kappa shape index (κ3) is 3.99. The van der Waals surface area contributed by atoms with Crippen LogP contribution in [0.3, 0.4) is 0 Å². The van der Waals surface area contributed by atoms with Crippen molar-refractivity contribution < 1.29 is 15.3 Å². The van der Waals surface area contributed by atoms with E-state index >= 15 is 0 Å². The summed E-state index contributed by atoms with van der Waals surface area (Å²) in [7, 11) is 0. The van der Waals surface area contributed by atoms with E-state index in [9.17, 15) is 5.11 Å². The Morgan fingerprint density at radius 2 is 1.25 bits per heavy atom. The molecule has 2 unspecified atom stereocenters. The summed E-state index contributed by atoms with van der Waals surface area (Å²) < 4.78 is 0. The molecule has 5 heteroatoms. The summed E-state index contributed by atoms with van der Waals surface area (Å²) in [5.41, 5.74) is 11.0. The second kappa shape index (κ2) is 6.33. The lowest BCUT2D eigenvalue weighted by Gasteiger charge is -2.23. The molecule has 74 valence electrons. The van der Waals surface area contributed by atoms with Crippen LogP contribution in [-0.2, 0) is 0 Å². The molecule has 7 N–H and O–H groups in total. The minimum Gasteiger partial charge on any atom is -0.396 e. The Balaban J connectivity index is 3.73. The van der Waals surface area contributed by atoms with Crippen LogP contribution in [0.1, 0.15) is 12.8 Å². The van der Waals surface area contributed by atoms with Gasteiger partial charge in [-0.3, -0.25) is 0 Å². The van der Waals surface area contributed by atoms with Gasteiger partial charge in [0, 0.05) is 25.3 Å². The van der Waals surface area contributed by atoms with Crippen LogP contribution >= 0.6 is 0 Å². The third-order valence-electron chi connectivity index (χ3n) is 1.80. The molecule has 0 bridgehead atoms. The van der Waals surface area contributed by atoms with Crippen LogP contribution in [0.25, 0.3) is 0 Å². The van der Waals surface area contributed by atoms with Gasteiger partial charge in [-0.1, -0.05) is 0 Å². The van der Waals surface area contributed by atoms with Gasteiger partial charge in [0.2, 0.25) is 0 Å². The van der Waals surface area contributed by atoms with Gasteiger partial charge in [0.15, 0.2) is 0 Å². The van der Waals surface area contributed by atoms with Crippen molar-refractivity contribution in [3.05, 3.63) is 0 Å². The van der Waals surface area contributed by atoms with E-state index in [4.69, 9.17) is 21.7 Å². The molecule has 5 nitrogen and oxygen atoms in total. The molecule has 0 aromatic heterocycles. The zero-order chi connectivity index (χ0) is 9.56. The van der Waals surface area contributed by atoms with Crippen molar-refractivity contribution in [3.8, 4) is 0 Å². The van der Waals surface area contributed by atoms with Gasteiger partial charge in [0.25, 0.3) is 0 Å². The van der Waals surface area contributed by atoms with Crippen molar-refractivity contribution in [1.82, 2.24) is 0 Å². The molecule has 0 aliphatic carbocycles. The molecule has 0 rings (SSSR count). The molecule has 0 aliphatic heterocycles. The number of nitrogens with two attached hydrogens (primary N) is 2. The topological polar surface area (TPSA) is 113 Å². The van der Waals surface area contributed by atoms with Crippen LogP contribution in [-0.4, -0.2) is 46.7 Å². The molecular weight excluding hydrogens is 160 g/mol. The van der Waals surface area contributed by atoms with E-state index in [1.54, 1.807) is 0 Å². The molecule has 12 heavy (non-hydrogen) atoms. The maximum absolute atomic E-state index is 9.38. The fourth-order valence-electron chi connectivity index (χ4n) is 0.957. The highest BCUT2D eigenvalue weighted by Gasteiger charge is 2.20. The van der Waals surface area contributed by atoms with Crippen LogP contribution in [0.4, 0.5) is 0 Å². The van der Waals surface area contributed by atoms with E-state index in [1.807, 2.05) is 0 Å². The monoisotopic (exact) mass is 178 g/mol. The molecule has 0 aromatic carbocycles. The maximum Gasteiger partial charge on any atom is 0.0843 e. The van der Waals surface area contributed by atoms with Gasteiger partial charge in [0.05, 0.1) is 6.10 Å². The number of hydrogen-bond acceptors (Lipinski definition) is 5. The Bertz CT molecular complexity index is 101. The molecule has 0 heterocycles. The predicted octanol–water partition coefficient (Wildman–Crippen LogP) is -2.23. The zero-order valence-corrected chi connectivity index (χ0v) is 7.06. The first-order valence-electron chi connectivity index (χ1n) is 4.04. The van der Waals surface area contributed by atoms with Crippen molar-refractivity contribution in [1.29, 1.82) is 0 Å². The second-order valence-electron chi connectivity index (χ2n) is 2.84. The quantitative estimate of drug-likeness (QED) is 0.316. The van der Waals surface area contributed by atoms with Gasteiger partial charge in [-0.05, 0) is 12.8 Å². The average molecular weight is 178 g/mol. The Kier molecular flexibility index (Phi) is 6.23. The highest BCUT2D eigenvalue weighted by molar-refractivity contribution is 4.81. The van der Waals surface area contributed by atoms with E-state index in [0.29, 0.717) is 12.8 Å². The lowest BCUT2D eigenvalue weighted by molar-refractivity contribution is 0.0920. The second-order valence-corrected chi connectivity index (χ2v) is 2.84. The summed E-state index contributed by atoms with van der Waals surface area (Å²) in [4.78, 5) is 0. The lowest BCUT2D eigenvalue weighted by Crippen LogP contribution is -2.48. The van der Waals surface area contributed by atoms with Crippen LogP contribution in [0.2, 0.25) is 0 Å². The van der Waals surface area contributed by atoms with E-state index in [-0.39, 0.29) is 13.2 Å². The highest BCUT2D eigenvalue weighted by atomic mass is 16.3. The van der Waals surface area contributed by atoms with Gasteiger partial charge < -0.3 is 26.8 Å². The van der Waals surface area contributed by atoms with Crippen molar-refractivity contribution in [3.63, 3.8) is 0 Å². The Morgan fingerprint density at radius 1 is 0.917 bits per heavy atom. The Morgan fingerprint density at radius 3 is 1.50 bits per heavy atom. The summed E-state index contributed by atoms with van der Waals surface area (Å²) in [6.07, 6.45) is -0.218. The Hall–Kier alpha value is -0.200. The molecule has 0 spiro atoms. The van der Waals surface area contributed by atoms with E-state index in [1.165, 1.54) is 0 Å². The molecule has 2 atom stereocenters. The SMILES string of the molecule is NC(CCO)C(O)C(N)CCO. The molecule has 0 fully saturated rings. The summed E-state index contributed by atoms with van der Waals surface area (Å²) >= 11 is 0. The molecule has 0 aromatic rings. The van der Waals surface area contributed by atoms with Gasteiger partial charge in [-0.25, -0.2) is 0 Å². The van der Waals surface area contributed by atoms with Crippen molar-refractivity contribution in [2.24, 2.45) is 11.5 Å². The first-order valence-corrected chi connectivity index (χ1v) is 4.04. The van der Waals surface area contributed by atoms with Gasteiger partial charge in [0.1, 0.15) is 0 Å². The largest absolute Gasteiger partial charge is 0.396 e. The molecular formula is C7H18N2O3. The third-order valence-corrected chi connectivity index (χ3v) is 1.80. The average Bonchev–Trinajstić information content (AvgIpc) is 2.04. The number of aliphatic hydroxyl groups is 3. The van der Waals surface area contributed by atoms with Crippen LogP contribution < -0.4 is 11.5 Å². The number of aliphatic hydroxyl groups excluding tert-OH is 3. The predicted molar refractivity (Wildman–Crippen MR) is 45.4 cm³/mol. The maximum atomic E-state index is 9.38. The van der Waals surface area contributed by atoms with Crippen LogP contribution in [0, 0.1) is 0 Å². The number of hydrogen-bond donors (Lipinski definition) is 5. The van der Waals surface area contributed by atoms with Crippen molar-refractivity contribution >= 4 is 0 Å². The summed E-state index contributed by atoms with van der Waals surface area (Å²) in [5.74, 6) is 0. The number of rotatable bonds is 6. The van der Waals surface area contributed by atoms with E-state index < -0.39 is 18.2 Å². The molecule has 0 saturated carbocycles. The van der Waals surface area contributed by atoms with Crippen molar-refractivity contribution in [2.75, 3.05) is 13.2 Å². The summed E-state index contributed by atoms with van der Waals surface area (Å²) in [6, 6.07) is -1.03. The summed E-state index contributed by atoms with van der Waals surface area (Å²) in [5, 5.41) is 26.4. The first-order chi connectivity index (χ1) is 5.63. The van der Waals surface area contributed by atoms with Crippen LogP contribution in [0.15, 0.2) is 0 Å². The molecule has 0 aliphatic rings. The normalized spacial score (nSPS) is 18.8. The fourth-order valence-corrected chi connectivity index (χ4v) is 0.957.